The molecule has 5 rings (SSSR count). The van der Waals surface area contributed by atoms with E-state index in [2.05, 4.69) is 20.4 Å². The van der Waals surface area contributed by atoms with E-state index in [4.69, 9.17) is 4.98 Å². The van der Waals surface area contributed by atoms with Gasteiger partial charge in [-0.25, -0.2) is 19.6 Å². The van der Waals surface area contributed by atoms with E-state index in [1.165, 1.54) is 12.4 Å². The molecule has 3 aromatic heterocycles. The van der Waals surface area contributed by atoms with Gasteiger partial charge in [0.2, 0.25) is 0 Å². The first-order valence-corrected chi connectivity index (χ1v) is 10.9. The minimum Gasteiger partial charge on any atom is -0.508 e. The fourth-order valence-corrected chi connectivity index (χ4v) is 3.73. The summed E-state index contributed by atoms with van der Waals surface area (Å²) in [5.74, 6) is 0.280. The van der Waals surface area contributed by atoms with Gasteiger partial charge in [-0.05, 0) is 32.0 Å². The van der Waals surface area contributed by atoms with Crippen molar-refractivity contribution in [2.75, 3.05) is 5.32 Å². The molecule has 0 saturated heterocycles. The van der Waals surface area contributed by atoms with Crippen molar-refractivity contribution in [2.45, 2.75) is 19.9 Å². The number of carbonyl (C=O) groups is 1. The lowest BCUT2D eigenvalue weighted by molar-refractivity contribution is 0.102. The minimum atomic E-state index is -0.304. The number of aromatic nitrogens is 5. The summed E-state index contributed by atoms with van der Waals surface area (Å²) in [6, 6.07) is 18.3. The van der Waals surface area contributed by atoms with E-state index in [-0.39, 0.29) is 17.7 Å². The number of amides is 1. The minimum absolute atomic E-state index is 0.0882. The van der Waals surface area contributed by atoms with Gasteiger partial charge in [0.25, 0.3) is 5.91 Å². The van der Waals surface area contributed by atoms with E-state index in [0.29, 0.717) is 39.4 Å². The lowest BCUT2D eigenvalue weighted by atomic mass is 10.1. The Balaban J connectivity index is 1.50. The average molecular weight is 451 g/mol. The van der Waals surface area contributed by atoms with Gasteiger partial charge >= 0.3 is 0 Å². The smallest absolute Gasteiger partial charge is 0.256 e. The summed E-state index contributed by atoms with van der Waals surface area (Å²) in [6.07, 6.45) is 4.75. The molecule has 8 nitrogen and oxygen atoms in total. The molecular weight excluding hydrogens is 428 g/mol. The number of carbonyl (C=O) groups excluding carboxylic acids is 1. The number of nitrogens with zero attached hydrogens (tertiary/aromatic N) is 5. The average Bonchev–Trinajstić information content (AvgIpc) is 3.29. The van der Waals surface area contributed by atoms with Crippen molar-refractivity contribution >= 4 is 22.6 Å². The Morgan fingerprint density at radius 2 is 1.68 bits per heavy atom. The third-order valence-electron chi connectivity index (χ3n) is 5.38. The Morgan fingerprint density at radius 3 is 2.38 bits per heavy atom. The molecule has 1 amide bonds. The van der Waals surface area contributed by atoms with Crippen LogP contribution in [-0.4, -0.2) is 35.7 Å². The summed E-state index contributed by atoms with van der Waals surface area (Å²) in [5.41, 5.74) is 3.85. The largest absolute Gasteiger partial charge is 0.508 e. The SMILES string of the molecule is CC(C)n1ncc2c(C(=O)Nc3cnc(-c4cccc(O)c4)nc3)cc(-c3ccccc3)nc21. The molecule has 0 bridgehead atoms. The second-order valence-electron chi connectivity index (χ2n) is 8.14. The molecule has 34 heavy (non-hydrogen) atoms. The van der Waals surface area contributed by atoms with E-state index >= 15 is 0 Å². The summed E-state index contributed by atoms with van der Waals surface area (Å²) >= 11 is 0. The predicted molar refractivity (Wildman–Crippen MR) is 130 cm³/mol. The Hall–Kier alpha value is -4.59. The number of pyridine rings is 1. The van der Waals surface area contributed by atoms with Gasteiger partial charge in [-0.2, -0.15) is 5.10 Å². The summed E-state index contributed by atoms with van der Waals surface area (Å²) < 4.78 is 1.81. The summed E-state index contributed by atoms with van der Waals surface area (Å²) in [5, 5.41) is 17.7. The van der Waals surface area contributed by atoms with Crippen molar-refractivity contribution in [3.05, 3.63) is 84.8 Å². The number of benzene rings is 2. The maximum absolute atomic E-state index is 13.3. The number of aromatic hydroxyl groups is 1. The van der Waals surface area contributed by atoms with Crippen molar-refractivity contribution in [1.82, 2.24) is 24.7 Å². The Labute approximate surface area is 196 Å². The molecule has 2 N–H and O–H groups in total. The normalized spacial score (nSPS) is 11.1. The molecule has 0 aliphatic rings. The molecule has 0 aliphatic heterocycles. The van der Waals surface area contributed by atoms with Gasteiger partial charge in [0.05, 0.1) is 40.9 Å². The topological polar surface area (TPSA) is 106 Å². The van der Waals surface area contributed by atoms with Crippen LogP contribution in [0.4, 0.5) is 5.69 Å². The molecule has 8 heteroatoms. The number of phenols is 1. The second kappa shape index (κ2) is 8.74. The molecule has 3 heterocycles. The highest BCUT2D eigenvalue weighted by molar-refractivity contribution is 6.12. The van der Waals surface area contributed by atoms with Crippen molar-refractivity contribution < 1.29 is 9.90 Å². The number of fused-ring (bicyclic) bond motifs is 1. The zero-order chi connectivity index (χ0) is 23.7. The highest BCUT2D eigenvalue weighted by Gasteiger charge is 2.19. The van der Waals surface area contributed by atoms with Gasteiger partial charge in [0.1, 0.15) is 5.75 Å². The molecule has 2 aromatic carbocycles. The lowest BCUT2D eigenvalue weighted by Gasteiger charge is -2.11. The van der Waals surface area contributed by atoms with E-state index in [0.717, 1.165) is 5.56 Å². The van der Waals surface area contributed by atoms with E-state index in [9.17, 15) is 9.90 Å². The van der Waals surface area contributed by atoms with Crippen LogP contribution in [-0.2, 0) is 0 Å². The standard InChI is InChI=1S/C26H22N6O2/c1-16(2)32-25-22(15-29-32)21(12-23(31-25)17-7-4-3-5-8-17)26(34)30-19-13-27-24(28-14-19)18-9-6-10-20(33)11-18/h3-16,33H,1-2H3,(H,30,34). The number of phenolic OH excluding ortho intramolecular Hbond substituents is 1. The van der Waals surface area contributed by atoms with Crippen molar-refractivity contribution in [2.24, 2.45) is 0 Å². The van der Waals surface area contributed by atoms with Gasteiger partial charge in [-0.1, -0.05) is 42.5 Å². The Morgan fingerprint density at radius 1 is 0.941 bits per heavy atom. The van der Waals surface area contributed by atoms with Crippen LogP contribution in [0.1, 0.15) is 30.2 Å². The first-order valence-electron chi connectivity index (χ1n) is 10.9. The highest BCUT2D eigenvalue weighted by Crippen LogP contribution is 2.27. The Kier molecular flexibility index (Phi) is 5.47. The van der Waals surface area contributed by atoms with Crippen molar-refractivity contribution in [3.8, 4) is 28.4 Å². The molecule has 0 saturated carbocycles. The molecule has 5 aromatic rings. The predicted octanol–water partition coefficient (Wildman–Crippen LogP) is 5.09. The van der Waals surface area contributed by atoms with Gasteiger partial charge in [0, 0.05) is 17.2 Å². The van der Waals surface area contributed by atoms with Crippen LogP contribution in [0.15, 0.2) is 79.3 Å². The van der Waals surface area contributed by atoms with Crippen molar-refractivity contribution in [3.63, 3.8) is 0 Å². The zero-order valence-corrected chi connectivity index (χ0v) is 18.7. The third kappa shape index (κ3) is 4.09. The molecule has 0 radical (unpaired) electrons. The maximum atomic E-state index is 13.3. The van der Waals surface area contributed by atoms with Crippen LogP contribution >= 0.6 is 0 Å². The van der Waals surface area contributed by atoms with Crippen LogP contribution < -0.4 is 5.32 Å². The van der Waals surface area contributed by atoms with Crippen LogP contribution in [0.2, 0.25) is 0 Å². The van der Waals surface area contributed by atoms with Gasteiger partial charge in [0.15, 0.2) is 11.5 Å². The van der Waals surface area contributed by atoms with Gasteiger partial charge in [-0.3, -0.25) is 4.79 Å². The van der Waals surface area contributed by atoms with Gasteiger partial charge in [-0.15, -0.1) is 0 Å². The first kappa shape index (κ1) is 21.3. The second-order valence-corrected chi connectivity index (χ2v) is 8.14. The monoisotopic (exact) mass is 450 g/mol. The first-order chi connectivity index (χ1) is 16.5. The number of rotatable bonds is 5. The van der Waals surface area contributed by atoms with Crippen LogP contribution in [0.25, 0.3) is 33.7 Å². The molecular formula is C26H22N6O2. The highest BCUT2D eigenvalue weighted by atomic mass is 16.3. The van der Waals surface area contributed by atoms with Crippen molar-refractivity contribution in [1.29, 1.82) is 0 Å². The van der Waals surface area contributed by atoms with Crippen LogP contribution in [0, 0.1) is 0 Å². The van der Waals surface area contributed by atoms with Gasteiger partial charge < -0.3 is 10.4 Å². The molecule has 0 unspecified atom stereocenters. The molecule has 0 fully saturated rings. The molecule has 168 valence electrons. The molecule has 0 aliphatic carbocycles. The van der Waals surface area contributed by atoms with E-state index < -0.39 is 0 Å². The third-order valence-corrected chi connectivity index (χ3v) is 5.38. The number of nitrogens with one attached hydrogen (secondary N) is 1. The number of hydrogen-bond donors (Lipinski definition) is 2. The molecule has 0 atom stereocenters. The quantitative estimate of drug-likeness (QED) is 0.386. The maximum Gasteiger partial charge on any atom is 0.256 e. The fourth-order valence-electron chi connectivity index (χ4n) is 3.73. The lowest BCUT2D eigenvalue weighted by Crippen LogP contribution is -2.14. The Bertz CT molecular complexity index is 1480. The molecule has 0 spiro atoms. The van der Waals surface area contributed by atoms with Crippen LogP contribution in [0.5, 0.6) is 5.75 Å². The fraction of sp³-hybridized carbons (Fsp3) is 0.115. The summed E-state index contributed by atoms with van der Waals surface area (Å²) in [7, 11) is 0. The van der Waals surface area contributed by atoms with E-state index in [1.54, 1.807) is 36.5 Å². The summed E-state index contributed by atoms with van der Waals surface area (Å²) in [6.45, 7) is 4.04. The zero-order valence-electron chi connectivity index (χ0n) is 18.7. The number of hydrogen-bond acceptors (Lipinski definition) is 6. The van der Waals surface area contributed by atoms with Crippen LogP contribution in [0.3, 0.4) is 0 Å². The summed E-state index contributed by atoms with van der Waals surface area (Å²) in [4.78, 5) is 26.8. The number of anilines is 1. The van der Waals surface area contributed by atoms with E-state index in [1.807, 2.05) is 48.9 Å².